The molecule has 1 aromatic heterocycles. The van der Waals surface area contributed by atoms with Gasteiger partial charge in [0.25, 0.3) is 0 Å². The summed E-state index contributed by atoms with van der Waals surface area (Å²) in [6, 6.07) is 5.84. The van der Waals surface area contributed by atoms with Crippen LogP contribution < -0.4 is 15.2 Å². The van der Waals surface area contributed by atoms with Crippen molar-refractivity contribution in [3.8, 4) is 22.1 Å². The van der Waals surface area contributed by atoms with E-state index in [1.165, 1.54) is 11.3 Å². The lowest BCUT2D eigenvalue weighted by atomic mass is 9.92. The number of ether oxygens (including phenoxy) is 2. The summed E-state index contributed by atoms with van der Waals surface area (Å²) in [5.41, 5.74) is 7.78. The van der Waals surface area contributed by atoms with E-state index in [1.807, 2.05) is 35.4 Å². The van der Waals surface area contributed by atoms with Crippen LogP contribution in [0.15, 0.2) is 23.6 Å². The molecule has 6 nitrogen and oxygen atoms in total. The number of aromatic nitrogens is 1. The molecular formula is C20H29Cl2N3O3S. The van der Waals surface area contributed by atoms with Crippen molar-refractivity contribution < 1.29 is 14.3 Å². The lowest BCUT2D eigenvalue weighted by Gasteiger charge is -2.34. The quantitative estimate of drug-likeness (QED) is 0.707. The molecule has 0 aliphatic carbocycles. The van der Waals surface area contributed by atoms with Crippen LogP contribution in [0.25, 0.3) is 10.6 Å². The number of nitrogens with zero attached hydrogens (tertiary/aromatic N) is 2. The van der Waals surface area contributed by atoms with Gasteiger partial charge in [-0.1, -0.05) is 0 Å². The molecule has 3 rings (SSSR count). The van der Waals surface area contributed by atoms with Gasteiger partial charge in [0.05, 0.1) is 26.3 Å². The van der Waals surface area contributed by atoms with Gasteiger partial charge in [-0.25, -0.2) is 4.98 Å². The van der Waals surface area contributed by atoms with Gasteiger partial charge in [0.15, 0.2) is 11.5 Å². The zero-order valence-corrected chi connectivity index (χ0v) is 19.4. The lowest BCUT2D eigenvalue weighted by molar-refractivity contribution is -0.132. The molecule has 1 fully saturated rings. The normalized spacial score (nSPS) is 17.0. The Kier molecular flexibility index (Phi) is 10.2. The Labute approximate surface area is 188 Å². The molecular weight excluding hydrogens is 433 g/mol. The van der Waals surface area contributed by atoms with Gasteiger partial charge in [-0.05, 0) is 43.9 Å². The number of carbonyl (C=O) groups excluding carboxylic acids is 1. The van der Waals surface area contributed by atoms with Crippen molar-refractivity contribution in [3.63, 3.8) is 0 Å². The summed E-state index contributed by atoms with van der Waals surface area (Å²) in [5, 5.41) is 2.82. The van der Waals surface area contributed by atoms with Crippen LogP contribution >= 0.6 is 36.2 Å². The van der Waals surface area contributed by atoms with Crippen LogP contribution in [0, 0.1) is 5.92 Å². The van der Waals surface area contributed by atoms with Crippen LogP contribution in [0.1, 0.15) is 25.5 Å². The Hall–Kier alpha value is -1.54. The molecule has 1 aliphatic rings. The second-order valence-corrected chi connectivity index (χ2v) is 7.85. The summed E-state index contributed by atoms with van der Waals surface area (Å²) in [6.45, 7) is 3.59. The molecule has 2 heterocycles. The highest BCUT2D eigenvalue weighted by Gasteiger charge is 2.26. The molecule has 162 valence electrons. The molecule has 1 saturated heterocycles. The largest absolute Gasteiger partial charge is 0.493 e. The predicted octanol–water partition coefficient (Wildman–Crippen LogP) is 3.80. The molecule has 29 heavy (non-hydrogen) atoms. The highest BCUT2D eigenvalue weighted by molar-refractivity contribution is 7.13. The number of piperidine rings is 1. The maximum atomic E-state index is 12.7. The second kappa shape index (κ2) is 11.6. The molecule has 1 amide bonds. The molecule has 2 N–H and O–H groups in total. The van der Waals surface area contributed by atoms with Gasteiger partial charge in [0.2, 0.25) is 5.91 Å². The monoisotopic (exact) mass is 461 g/mol. The zero-order chi connectivity index (χ0) is 19.4. The number of hydrogen-bond donors (Lipinski definition) is 1. The molecule has 2 aromatic rings. The smallest absolute Gasteiger partial charge is 0.228 e. The summed E-state index contributed by atoms with van der Waals surface area (Å²) < 4.78 is 10.6. The summed E-state index contributed by atoms with van der Waals surface area (Å²) >= 11 is 1.53. The van der Waals surface area contributed by atoms with Crippen molar-refractivity contribution in [1.82, 2.24) is 9.88 Å². The number of amides is 1. The number of hydrogen-bond acceptors (Lipinski definition) is 6. The minimum Gasteiger partial charge on any atom is -0.493 e. The Morgan fingerprint density at radius 2 is 2.03 bits per heavy atom. The van der Waals surface area contributed by atoms with Gasteiger partial charge in [0, 0.05) is 30.1 Å². The first-order chi connectivity index (χ1) is 13.0. The van der Waals surface area contributed by atoms with Crippen molar-refractivity contribution >= 4 is 42.1 Å². The third-order valence-corrected chi connectivity index (χ3v) is 6.01. The zero-order valence-electron chi connectivity index (χ0n) is 16.9. The molecule has 0 spiro atoms. The summed E-state index contributed by atoms with van der Waals surface area (Å²) in [7, 11) is 3.23. The van der Waals surface area contributed by atoms with E-state index in [1.54, 1.807) is 14.2 Å². The minimum atomic E-state index is 0. The van der Waals surface area contributed by atoms with Crippen LogP contribution in [-0.4, -0.2) is 49.1 Å². The van der Waals surface area contributed by atoms with Crippen LogP contribution in [-0.2, 0) is 11.2 Å². The molecule has 1 aromatic carbocycles. The van der Waals surface area contributed by atoms with E-state index in [0.29, 0.717) is 23.8 Å². The fraction of sp³-hybridized carbons (Fsp3) is 0.500. The Morgan fingerprint density at radius 1 is 1.31 bits per heavy atom. The number of methoxy groups -OCH3 is 2. The molecule has 9 heteroatoms. The number of thiazole rings is 1. The van der Waals surface area contributed by atoms with Gasteiger partial charge in [-0.15, -0.1) is 36.2 Å². The average Bonchev–Trinajstić information content (AvgIpc) is 3.15. The number of nitrogens with two attached hydrogens (primary N) is 1. The summed E-state index contributed by atoms with van der Waals surface area (Å²) in [4.78, 5) is 19.3. The Morgan fingerprint density at radius 3 is 2.69 bits per heavy atom. The van der Waals surface area contributed by atoms with Gasteiger partial charge >= 0.3 is 0 Å². The van der Waals surface area contributed by atoms with E-state index in [4.69, 9.17) is 15.2 Å². The summed E-state index contributed by atoms with van der Waals surface area (Å²) in [6.07, 6.45) is 2.45. The van der Waals surface area contributed by atoms with E-state index in [9.17, 15) is 4.79 Å². The predicted molar refractivity (Wildman–Crippen MR) is 122 cm³/mol. The standard InChI is InChI=1S/C20H27N3O3S.2ClH/c1-13(21)15-5-4-8-23(11-15)19(24)10-16-12-27-20(22-16)14-6-7-17(25-2)18(9-14)26-3;;/h6-7,9,12-13,15H,4-5,8,10-11,21H2,1-3H3;2*1H. The maximum Gasteiger partial charge on any atom is 0.228 e. The van der Waals surface area contributed by atoms with Crippen molar-refractivity contribution in [1.29, 1.82) is 0 Å². The van der Waals surface area contributed by atoms with Gasteiger partial charge in [-0.2, -0.15) is 0 Å². The molecule has 0 saturated carbocycles. The number of likely N-dealkylation sites (tertiary alicyclic amines) is 1. The first-order valence-electron chi connectivity index (χ1n) is 9.22. The maximum absolute atomic E-state index is 12.7. The molecule has 2 unspecified atom stereocenters. The first-order valence-corrected chi connectivity index (χ1v) is 10.1. The highest BCUT2D eigenvalue weighted by atomic mass is 35.5. The minimum absolute atomic E-state index is 0. The van der Waals surface area contributed by atoms with Crippen LogP contribution in [0.4, 0.5) is 0 Å². The average molecular weight is 462 g/mol. The van der Waals surface area contributed by atoms with Crippen molar-refractivity contribution in [2.24, 2.45) is 11.7 Å². The van der Waals surface area contributed by atoms with Crippen molar-refractivity contribution in [2.75, 3.05) is 27.3 Å². The third-order valence-electron chi connectivity index (χ3n) is 5.07. The van der Waals surface area contributed by atoms with E-state index in [-0.39, 0.29) is 36.8 Å². The number of benzene rings is 1. The first kappa shape index (κ1) is 25.5. The van der Waals surface area contributed by atoms with E-state index in [2.05, 4.69) is 4.98 Å². The summed E-state index contributed by atoms with van der Waals surface area (Å²) in [5.74, 6) is 1.87. The highest BCUT2D eigenvalue weighted by Crippen LogP contribution is 2.33. The Bertz CT molecular complexity index is 801. The van der Waals surface area contributed by atoms with Crippen LogP contribution in [0.3, 0.4) is 0 Å². The fourth-order valence-corrected chi connectivity index (χ4v) is 4.24. The second-order valence-electron chi connectivity index (χ2n) is 6.99. The molecule has 2 atom stereocenters. The van der Waals surface area contributed by atoms with Crippen molar-refractivity contribution in [3.05, 3.63) is 29.3 Å². The van der Waals surface area contributed by atoms with Gasteiger partial charge < -0.3 is 20.1 Å². The van der Waals surface area contributed by atoms with Gasteiger partial charge in [0.1, 0.15) is 5.01 Å². The third kappa shape index (κ3) is 6.22. The Balaban J connectivity index is 0.00000210. The van der Waals surface area contributed by atoms with Crippen LogP contribution in [0.5, 0.6) is 11.5 Å². The van der Waals surface area contributed by atoms with E-state index >= 15 is 0 Å². The fourth-order valence-electron chi connectivity index (χ4n) is 3.42. The topological polar surface area (TPSA) is 77.7 Å². The van der Waals surface area contributed by atoms with E-state index in [0.717, 1.165) is 42.2 Å². The lowest BCUT2D eigenvalue weighted by Crippen LogP contribution is -2.45. The van der Waals surface area contributed by atoms with Crippen molar-refractivity contribution in [2.45, 2.75) is 32.2 Å². The van der Waals surface area contributed by atoms with Gasteiger partial charge in [-0.3, -0.25) is 4.79 Å². The molecule has 0 bridgehead atoms. The van der Waals surface area contributed by atoms with Crippen LogP contribution in [0.2, 0.25) is 0 Å². The number of rotatable bonds is 6. The molecule has 1 aliphatic heterocycles. The number of carbonyl (C=O) groups is 1. The SMILES string of the molecule is COc1ccc(-c2nc(CC(=O)N3CCCC(C(C)N)C3)cs2)cc1OC.Cl.Cl. The molecule has 0 radical (unpaired) electrons. The van der Waals surface area contributed by atoms with E-state index < -0.39 is 0 Å². The number of halogens is 2.